The summed E-state index contributed by atoms with van der Waals surface area (Å²) in [6.07, 6.45) is -5.44. The Balaban J connectivity index is 3.00. The zero-order valence-corrected chi connectivity index (χ0v) is 9.50. The fraction of sp³-hybridized carbons (Fsp3) is 0.333. The third-order valence-electron chi connectivity index (χ3n) is 1.99. The topological polar surface area (TPSA) is 38.0 Å². The number of halogens is 5. The first kappa shape index (κ1) is 13.6. The maximum absolute atomic E-state index is 12.2. The van der Waals surface area contributed by atoms with Crippen molar-refractivity contribution < 1.29 is 13.2 Å². The molecule has 0 aliphatic carbocycles. The largest absolute Gasteiger partial charge is 0.390 e. The molecule has 0 spiro atoms. The number of hydrazine groups is 1. The van der Waals surface area contributed by atoms with Gasteiger partial charge < -0.3 is 0 Å². The molecule has 0 saturated carbocycles. The van der Waals surface area contributed by atoms with Gasteiger partial charge in [-0.15, -0.1) is 0 Å². The van der Waals surface area contributed by atoms with E-state index >= 15 is 0 Å². The van der Waals surface area contributed by atoms with E-state index < -0.39 is 18.6 Å². The molecule has 0 aliphatic rings. The van der Waals surface area contributed by atoms with Gasteiger partial charge in [0.25, 0.3) is 0 Å². The molecule has 0 amide bonds. The molecular formula is C9H9Cl2F3N2. The lowest BCUT2D eigenvalue weighted by Gasteiger charge is -2.19. The molecular weight excluding hydrogens is 264 g/mol. The van der Waals surface area contributed by atoms with Crippen molar-refractivity contribution in [1.82, 2.24) is 5.43 Å². The Hall–Kier alpha value is -0.490. The monoisotopic (exact) mass is 272 g/mol. The van der Waals surface area contributed by atoms with E-state index in [-0.39, 0.29) is 15.6 Å². The minimum atomic E-state index is -4.33. The number of benzene rings is 1. The Kier molecular flexibility index (Phi) is 4.43. The van der Waals surface area contributed by atoms with Crippen molar-refractivity contribution in [2.45, 2.75) is 18.6 Å². The average molecular weight is 273 g/mol. The number of alkyl halides is 3. The highest BCUT2D eigenvalue weighted by Gasteiger charge is 2.33. The molecule has 1 unspecified atom stereocenters. The summed E-state index contributed by atoms with van der Waals surface area (Å²) < 4.78 is 36.7. The summed E-state index contributed by atoms with van der Waals surface area (Å²) in [5.74, 6) is 5.08. The molecule has 1 atom stereocenters. The van der Waals surface area contributed by atoms with Gasteiger partial charge in [0.2, 0.25) is 0 Å². The number of hydrogen-bond acceptors (Lipinski definition) is 2. The van der Waals surface area contributed by atoms with Gasteiger partial charge in [0.05, 0.1) is 22.5 Å². The van der Waals surface area contributed by atoms with Gasteiger partial charge in [0.15, 0.2) is 0 Å². The molecule has 0 radical (unpaired) electrons. The Morgan fingerprint density at radius 2 is 1.94 bits per heavy atom. The molecule has 0 heterocycles. The SMILES string of the molecule is NNC(CC(F)(F)F)c1cccc(Cl)c1Cl. The van der Waals surface area contributed by atoms with Crippen LogP contribution >= 0.6 is 23.2 Å². The minimum absolute atomic E-state index is 0.0800. The number of hydrogen-bond donors (Lipinski definition) is 2. The van der Waals surface area contributed by atoms with E-state index in [1.165, 1.54) is 18.2 Å². The average Bonchev–Trinajstić information content (AvgIpc) is 2.18. The molecule has 0 aliphatic heterocycles. The van der Waals surface area contributed by atoms with Gasteiger partial charge in [-0.3, -0.25) is 11.3 Å². The summed E-state index contributed by atoms with van der Waals surface area (Å²) in [5, 5.41) is 0.276. The standard InChI is InChI=1S/C9H9Cl2F3N2/c10-6-3-1-2-5(8(6)11)7(16-15)4-9(12,13)14/h1-3,7,16H,4,15H2. The van der Waals surface area contributed by atoms with Crippen LogP contribution in [0.3, 0.4) is 0 Å². The molecule has 0 fully saturated rings. The highest BCUT2D eigenvalue weighted by Crippen LogP contribution is 2.35. The Labute approximate surface area is 100 Å². The number of nitrogens with one attached hydrogen (secondary N) is 1. The number of nitrogens with two attached hydrogens (primary N) is 1. The van der Waals surface area contributed by atoms with Crippen molar-refractivity contribution in [2.75, 3.05) is 0 Å². The second kappa shape index (κ2) is 5.23. The van der Waals surface area contributed by atoms with Crippen molar-refractivity contribution in [2.24, 2.45) is 5.84 Å². The summed E-state index contributed by atoms with van der Waals surface area (Å²) in [7, 11) is 0. The van der Waals surface area contributed by atoms with Crippen molar-refractivity contribution in [3.63, 3.8) is 0 Å². The first-order valence-corrected chi connectivity index (χ1v) is 5.07. The zero-order valence-electron chi connectivity index (χ0n) is 7.98. The lowest BCUT2D eigenvalue weighted by molar-refractivity contribution is -0.140. The lowest BCUT2D eigenvalue weighted by Crippen LogP contribution is -2.32. The van der Waals surface area contributed by atoms with Gasteiger partial charge in [0.1, 0.15) is 0 Å². The summed E-state index contributed by atoms with van der Waals surface area (Å²) in [6, 6.07) is 3.36. The maximum atomic E-state index is 12.2. The van der Waals surface area contributed by atoms with Crippen molar-refractivity contribution in [3.8, 4) is 0 Å². The van der Waals surface area contributed by atoms with Gasteiger partial charge in [-0.1, -0.05) is 35.3 Å². The van der Waals surface area contributed by atoms with E-state index in [9.17, 15) is 13.2 Å². The molecule has 1 rings (SSSR count). The Bertz CT molecular complexity index is 368. The van der Waals surface area contributed by atoms with Gasteiger partial charge in [-0.2, -0.15) is 13.2 Å². The molecule has 2 nitrogen and oxygen atoms in total. The van der Waals surface area contributed by atoms with Crippen LogP contribution in [-0.4, -0.2) is 6.18 Å². The predicted octanol–water partition coefficient (Wildman–Crippen LogP) is 3.45. The van der Waals surface area contributed by atoms with Crippen LogP contribution in [0, 0.1) is 0 Å². The third kappa shape index (κ3) is 3.52. The van der Waals surface area contributed by atoms with E-state index in [0.717, 1.165) is 0 Å². The van der Waals surface area contributed by atoms with Gasteiger partial charge in [0, 0.05) is 0 Å². The van der Waals surface area contributed by atoms with Gasteiger partial charge in [-0.05, 0) is 11.6 Å². The van der Waals surface area contributed by atoms with Crippen LogP contribution in [-0.2, 0) is 0 Å². The summed E-state index contributed by atoms with van der Waals surface area (Å²) in [5.41, 5.74) is 2.31. The van der Waals surface area contributed by atoms with Crippen LogP contribution in [0.4, 0.5) is 13.2 Å². The quantitative estimate of drug-likeness (QED) is 0.653. The van der Waals surface area contributed by atoms with Gasteiger partial charge in [-0.25, -0.2) is 0 Å². The van der Waals surface area contributed by atoms with Crippen LogP contribution in [0.25, 0.3) is 0 Å². The second-order valence-electron chi connectivity index (χ2n) is 3.18. The molecule has 0 aromatic heterocycles. The van der Waals surface area contributed by atoms with Crippen molar-refractivity contribution >= 4 is 23.2 Å². The molecule has 0 saturated heterocycles. The fourth-order valence-corrected chi connectivity index (χ4v) is 1.72. The van der Waals surface area contributed by atoms with E-state index in [1.807, 2.05) is 0 Å². The van der Waals surface area contributed by atoms with E-state index in [1.54, 1.807) is 0 Å². The van der Waals surface area contributed by atoms with Crippen molar-refractivity contribution in [3.05, 3.63) is 33.8 Å². The van der Waals surface area contributed by atoms with Crippen LogP contribution in [0.1, 0.15) is 18.0 Å². The summed E-state index contributed by atoms with van der Waals surface area (Å²) in [4.78, 5) is 0. The van der Waals surface area contributed by atoms with Crippen LogP contribution in [0.15, 0.2) is 18.2 Å². The summed E-state index contributed by atoms with van der Waals surface area (Å²) >= 11 is 11.5. The van der Waals surface area contributed by atoms with E-state index in [4.69, 9.17) is 29.0 Å². The lowest BCUT2D eigenvalue weighted by atomic mass is 10.0. The van der Waals surface area contributed by atoms with Crippen LogP contribution < -0.4 is 11.3 Å². The maximum Gasteiger partial charge on any atom is 0.390 e. The molecule has 1 aromatic rings. The predicted molar refractivity (Wildman–Crippen MR) is 57.2 cm³/mol. The van der Waals surface area contributed by atoms with Crippen LogP contribution in [0.2, 0.25) is 10.0 Å². The Morgan fingerprint density at radius 1 is 1.31 bits per heavy atom. The smallest absolute Gasteiger partial charge is 0.271 e. The molecule has 90 valence electrons. The highest BCUT2D eigenvalue weighted by atomic mass is 35.5. The fourth-order valence-electron chi connectivity index (χ4n) is 1.28. The summed E-state index contributed by atoms with van der Waals surface area (Å²) in [6.45, 7) is 0. The Morgan fingerprint density at radius 3 is 2.44 bits per heavy atom. The van der Waals surface area contributed by atoms with E-state index in [2.05, 4.69) is 5.43 Å². The molecule has 1 aromatic carbocycles. The molecule has 3 N–H and O–H groups in total. The second-order valence-corrected chi connectivity index (χ2v) is 3.97. The molecule has 16 heavy (non-hydrogen) atoms. The molecule has 0 bridgehead atoms. The molecule has 7 heteroatoms. The zero-order chi connectivity index (χ0) is 12.3. The first-order chi connectivity index (χ1) is 7.35. The van der Waals surface area contributed by atoms with E-state index in [0.29, 0.717) is 0 Å². The van der Waals surface area contributed by atoms with Crippen LogP contribution in [0.5, 0.6) is 0 Å². The third-order valence-corrected chi connectivity index (χ3v) is 2.83. The highest BCUT2D eigenvalue weighted by molar-refractivity contribution is 6.42. The first-order valence-electron chi connectivity index (χ1n) is 4.32. The van der Waals surface area contributed by atoms with Gasteiger partial charge >= 0.3 is 6.18 Å². The minimum Gasteiger partial charge on any atom is -0.271 e. The van der Waals surface area contributed by atoms with Crippen molar-refractivity contribution in [1.29, 1.82) is 0 Å². The number of rotatable bonds is 3. The normalized spacial score (nSPS) is 13.9.